The largest absolute Gasteiger partial charge is 0.352 e. The summed E-state index contributed by atoms with van der Waals surface area (Å²) in [4.78, 5) is 20.5. The molecule has 0 saturated carbocycles. The topological polar surface area (TPSA) is 61.7 Å². The van der Waals surface area contributed by atoms with Crippen LogP contribution >= 0.6 is 47.8 Å². The Balaban J connectivity index is 0.00000185. The zero-order chi connectivity index (χ0) is 26.2. The number of halogens is 5. The second kappa shape index (κ2) is 13.3. The van der Waals surface area contributed by atoms with E-state index in [1.165, 1.54) is 11.3 Å². The number of likely N-dealkylation sites (tertiary alicyclic amines) is 1. The molecule has 2 saturated heterocycles. The second-order valence-corrected chi connectivity index (χ2v) is 11.6. The van der Waals surface area contributed by atoms with E-state index >= 15 is 4.39 Å². The lowest BCUT2D eigenvalue weighted by Crippen LogP contribution is -2.36. The van der Waals surface area contributed by atoms with Crippen molar-refractivity contribution >= 4 is 68.8 Å². The fourth-order valence-electron chi connectivity index (χ4n) is 5.47. The SMILES string of the molecule is Cl.Cl.O=C(NCCCN1CCC(F)CC1)c1cc2sc3nc(-c4ccc(C5CCCN5)cc4F)cn3c2cc1Cl. The molecule has 1 atom stereocenters. The molecule has 2 aliphatic heterocycles. The first-order chi connectivity index (χ1) is 18.5. The molecule has 2 aromatic carbocycles. The minimum absolute atomic E-state index is 0. The van der Waals surface area contributed by atoms with Crippen molar-refractivity contribution in [2.75, 3.05) is 32.7 Å². The van der Waals surface area contributed by atoms with Gasteiger partial charge in [0.2, 0.25) is 0 Å². The predicted octanol–water partition coefficient (Wildman–Crippen LogP) is 6.83. The van der Waals surface area contributed by atoms with Crippen molar-refractivity contribution in [3.05, 3.63) is 58.5 Å². The number of rotatable bonds is 7. The minimum atomic E-state index is -0.679. The smallest absolute Gasteiger partial charge is 0.252 e. The standard InChI is InChI=1S/C28H30ClF2N5OS.2ClH/c29-21-15-25-26(14-20(21)27(37)33-9-2-10-35-11-6-18(30)7-12-35)38-28-34-24(16-36(25)28)19-5-4-17(13-22(19)31)23-3-1-8-32-23;;/h4-5,13-16,18,23,32H,1-3,6-12H2,(H,33,37);2*1H. The third-order valence-corrected chi connectivity index (χ3v) is 8.94. The number of imidazole rings is 1. The number of hydrogen-bond donors (Lipinski definition) is 2. The molecule has 2 fully saturated rings. The molecule has 4 aromatic rings. The van der Waals surface area contributed by atoms with Gasteiger partial charge in [0.15, 0.2) is 4.96 Å². The maximum Gasteiger partial charge on any atom is 0.252 e. The van der Waals surface area contributed by atoms with Crippen LogP contribution in [-0.2, 0) is 0 Å². The highest BCUT2D eigenvalue weighted by atomic mass is 35.5. The maximum absolute atomic E-state index is 15.0. The molecule has 216 valence electrons. The van der Waals surface area contributed by atoms with E-state index in [1.54, 1.807) is 24.3 Å². The van der Waals surface area contributed by atoms with Crippen molar-refractivity contribution < 1.29 is 13.6 Å². The summed E-state index contributed by atoms with van der Waals surface area (Å²) in [6, 6.07) is 9.16. The summed E-state index contributed by atoms with van der Waals surface area (Å²) in [6.45, 7) is 3.88. The van der Waals surface area contributed by atoms with Gasteiger partial charge in [-0.3, -0.25) is 9.20 Å². The minimum Gasteiger partial charge on any atom is -0.352 e. The first kappa shape index (κ1) is 30.9. The van der Waals surface area contributed by atoms with Crippen molar-refractivity contribution in [3.8, 4) is 11.3 Å². The van der Waals surface area contributed by atoms with Gasteiger partial charge >= 0.3 is 0 Å². The van der Waals surface area contributed by atoms with Gasteiger partial charge in [0.1, 0.15) is 12.0 Å². The highest BCUT2D eigenvalue weighted by Gasteiger charge is 2.21. The second-order valence-electron chi connectivity index (χ2n) is 10.2. The van der Waals surface area contributed by atoms with Crippen LogP contribution in [0.25, 0.3) is 26.4 Å². The van der Waals surface area contributed by atoms with Crippen molar-refractivity contribution in [1.82, 2.24) is 24.9 Å². The van der Waals surface area contributed by atoms with Crippen LogP contribution in [0, 0.1) is 5.82 Å². The summed E-state index contributed by atoms with van der Waals surface area (Å²) >= 11 is 7.97. The Labute approximate surface area is 253 Å². The summed E-state index contributed by atoms with van der Waals surface area (Å²) < 4.78 is 31.1. The average Bonchev–Trinajstić information content (AvgIpc) is 3.64. The van der Waals surface area contributed by atoms with Crippen LogP contribution in [-0.4, -0.2) is 59.1 Å². The number of fused-ring (bicyclic) bond motifs is 3. The molecule has 6 rings (SSSR count). The lowest BCUT2D eigenvalue weighted by Gasteiger charge is -2.28. The molecule has 2 aromatic heterocycles. The zero-order valence-corrected chi connectivity index (χ0v) is 25.0. The summed E-state index contributed by atoms with van der Waals surface area (Å²) in [6.07, 6.45) is 5.24. The summed E-state index contributed by atoms with van der Waals surface area (Å²) in [5, 5.41) is 6.71. The molecule has 1 amide bonds. The van der Waals surface area contributed by atoms with Gasteiger partial charge in [-0.25, -0.2) is 13.8 Å². The molecule has 0 radical (unpaired) electrons. The Hall–Kier alpha value is -2.01. The quantitative estimate of drug-likeness (QED) is 0.220. The Kier molecular flexibility index (Phi) is 10.3. The number of alkyl halides is 1. The number of nitrogens with one attached hydrogen (secondary N) is 2. The van der Waals surface area contributed by atoms with Crippen LogP contribution in [0.2, 0.25) is 5.02 Å². The van der Waals surface area contributed by atoms with Gasteiger partial charge < -0.3 is 15.5 Å². The third-order valence-electron chi connectivity index (χ3n) is 7.61. The summed E-state index contributed by atoms with van der Waals surface area (Å²) in [5.41, 5.74) is 3.24. The van der Waals surface area contributed by atoms with E-state index in [1.807, 2.05) is 16.7 Å². The molecule has 12 heteroatoms. The molecule has 4 heterocycles. The molecular formula is C28H32Cl3F2N5OS. The van der Waals surface area contributed by atoms with Gasteiger partial charge in [-0.15, -0.1) is 24.8 Å². The van der Waals surface area contributed by atoms with Crippen LogP contribution in [0.5, 0.6) is 0 Å². The van der Waals surface area contributed by atoms with Gasteiger partial charge in [0.05, 0.1) is 26.5 Å². The van der Waals surface area contributed by atoms with Crippen LogP contribution in [0.15, 0.2) is 36.5 Å². The van der Waals surface area contributed by atoms with Crippen molar-refractivity contribution in [2.24, 2.45) is 0 Å². The molecule has 0 bridgehead atoms. The monoisotopic (exact) mass is 629 g/mol. The van der Waals surface area contributed by atoms with Gasteiger partial charge in [0.25, 0.3) is 5.91 Å². The number of piperidine rings is 1. The van der Waals surface area contributed by atoms with Gasteiger partial charge in [-0.1, -0.05) is 29.0 Å². The molecular weight excluding hydrogens is 599 g/mol. The van der Waals surface area contributed by atoms with E-state index in [9.17, 15) is 9.18 Å². The van der Waals surface area contributed by atoms with E-state index in [-0.39, 0.29) is 42.6 Å². The van der Waals surface area contributed by atoms with E-state index in [4.69, 9.17) is 11.6 Å². The Bertz CT molecular complexity index is 1480. The number of nitrogens with zero attached hydrogens (tertiary/aromatic N) is 3. The normalized spacial score (nSPS) is 18.1. The van der Waals surface area contributed by atoms with Gasteiger partial charge in [0, 0.05) is 37.4 Å². The number of carbonyl (C=O) groups excluding carboxylic acids is 1. The Morgan fingerprint density at radius 3 is 2.70 bits per heavy atom. The molecule has 0 spiro atoms. The number of thiazole rings is 1. The van der Waals surface area contributed by atoms with E-state index < -0.39 is 6.17 Å². The molecule has 6 nitrogen and oxygen atoms in total. The number of carbonyl (C=O) groups is 1. The highest BCUT2D eigenvalue weighted by Crippen LogP contribution is 2.34. The first-order valence-corrected chi connectivity index (χ1v) is 14.4. The van der Waals surface area contributed by atoms with Crippen molar-refractivity contribution in [1.29, 1.82) is 0 Å². The van der Waals surface area contributed by atoms with Crippen LogP contribution in [0.4, 0.5) is 8.78 Å². The molecule has 1 unspecified atom stereocenters. The lowest BCUT2D eigenvalue weighted by atomic mass is 10.0. The molecule has 0 aliphatic carbocycles. The number of benzene rings is 2. The fraction of sp³-hybridized carbons (Fsp3) is 0.429. The molecule has 2 N–H and O–H groups in total. The third kappa shape index (κ3) is 6.40. The summed E-state index contributed by atoms with van der Waals surface area (Å²) in [7, 11) is 0. The van der Waals surface area contributed by atoms with E-state index in [0.29, 0.717) is 46.2 Å². The Morgan fingerprint density at radius 1 is 1.18 bits per heavy atom. The predicted molar refractivity (Wildman–Crippen MR) is 163 cm³/mol. The number of aromatic nitrogens is 2. The lowest BCUT2D eigenvalue weighted by molar-refractivity contribution is 0.0950. The van der Waals surface area contributed by atoms with E-state index in [0.717, 1.165) is 61.2 Å². The van der Waals surface area contributed by atoms with E-state index in [2.05, 4.69) is 20.5 Å². The Morgan fingerprint density at radius 2 is 1.98 bits per heavy atom. The summed E-state index contributed by atoms with van der Waals surface area (Å²) in [5.74, 6) is -0.500. The van der Waals surface area contributed by atoms with Gasteiger partial charge in [-0.05, 0) is 75.0 Å². The van der Waals surface area contributed by atoms with Crippen LogP contribution in [0.3, 0.4) is 0 Å². The molecule has 2 aliphatic rings. The van der Waals surface area contributed by atoms with Crippen molar-refractivity contribution in [3.63, 3.8) is 0 Å². The van der Waals surface area contributed by atoms with Crippen molar-refractivity contribution in [2.45, 2.75) is 44.3 Å². The maximum atomic E-state index is 15.0. The number of hydrogen-bond acceptors (Lipinski definition) is 5. The fourth-order valence-corrected chi connectivity index (χ4v) is 6.75. The molecule has 40 heavy (non-hydrogen) atoms. The first-order valence-electron chi connectivity index (χ1n) is 13.3. The zero-order valence-electron chi connectivity index (χ0n) is 21.8. The van der Waals surface area contributed by atoms with Gasteiger partial charge in [-0.2, -0.15) is 0 Å². The van der Waals surface area contributed by atoms with Crippen LogP contribution in [0.1, 0.15) is 54.1 Å². The number of amides is 1. The average molecular weight is 631 g/mol. The van der Waals surface area contributed by atoms with Crippen LogP contribution < -0.4 is 10.6 Å². The highest BCUT2D eigenvalue weighted by molar-refractivity contribution is 7.23.